The number of carbonyl (C=O) groups is 1. The van der Waals surface area contributed by atoms with Gasteiger partial charge in [0.15, 0.2) is 0 Å². The summed E-state index contributed by atoms with van der Waals surface area (Å²) in [6.07, 6.45) is 0.815. The van der Waals surface area contributed by atoms with E-state index in [9.17, 15) is 9.18 Å². The number of aliphatic hydroxyl groups is 1. The van der Waals surface area contributed by atoms with Gasteiger partial charge in [0.05, 0.1) is 6.61 Å². The van der Waals surface area contributed by atoms with E-state index in [1.807, 2.05) is 13.8 Å². The number of halogens is 1. The maximum atomic E-state index is 13.6. The molecule has 1 aromatic carbocycles. The lowest BCUT2D eigenvalue weighted by atomic mass is 10.1. The maximum absolute atomic E-state index is 13.6. The highest BCUT2D eigenvalue weighted by molar-refractivity contribution is 5.76. The van der Waals surface area contributed by atoms with Crippen molar-refractivity contribution in [3.63, 3.8) is 0 Å². The average molecular weight is 277 g/mol. The highest BCUT2D eigenvalue weighted by Gasteiger charge is 2.07. The molecular weight excluding hydrogens is 257 g/mol. The van der Waals surface area contributed by atoms with Crippen LogP contribution in [-0.4, -0.2) is 17.6 Å². The molecule has 0 aliphatic rings. The lowest BCUT2D eigenvalue weighted by Gasteiger charge is -2.08. The summed E-state index contributed by atoms with van der Waals surface area (Å²) < 4.78 is 13.6. The van der Waals surface area contributed by atoms with Gasteiger partial charge in [0.25, 0.3) is 0 Å². The summed E-state index contributed by atoms with van der Waals surface area (Å²) in [6, 6.07) is 4.54. The van der Waals surface area contributed by atoms with E-state index in [4.69, 9.17) is 5.11 Å². The van der Waals surface area contributed by atoms with Gasteiger partial charge in [0.1, 0.15) is 5.82 Å². The third-order valence-corrected chi connectivity index (χ3v) is 2.58. The molecule has 0 saturated heterocycles. The van der Waals surface area contributed by atoms with Gasteiger partial charge in [-0.05, 0) is 24.1 Å². The molecule has 1 aromatic rings. The highest BCUT2D eigenvalue weighted by atomic mass is 19.1. The molecule has 0 saturated carbocycles. The molecule has 0 spiro atoms. The molecule has 0 aliphatic carbocycles. The zero-order valence-electron chi connectivity index (χ0n) is 11.9. The van der Waals surface area contributed by atoms with Crippen molar-refractivity contribution >= 4 is 5.91 Å². The molecule has 0 aliphatic heterocycles. The number of hydrogen-bond donors (Lipinski definition) is 2. The summed E-state index contributed by atoms with van der Waals surface area (Å²) in [6.45, 7) is 4.08. The number of aliphatic hydroxyl groups excluding tert-OH is 1. The lowest BCUT2D eigenvalue weighted by molar-refractivity contribution is -0.121. The number of benzene rings is 1. The molecule has 1 amide bonds. The van der Waals surface area contributed by atoms with Crippen LogP contribution in [0, 0.1) is 23.6 Å². The van der Waals surface area contributed by atoms with Crippen LogP contribution in [0.15, 0.2) is 18.2 Å². The molecule has 1 rings (SSSR count). The van der Waals surface area contributed by atoms with Gasteiger partial charge in [0.2, 0.25) is 5.91 Å². The summed E-state index contributed by atoms with van der Waals surface area (Å²) in [5, 5.41) is 11.3. The van der Waals surface area contributed by atoms with Gasteiger partial charge in [-0.2, -0.15) is 0 Å². The maximum Gasteiger partial charge on any atom is 0.220 e. The van der Waals surface area contributed by atoms with Gasteiger partial charge < -0.3 is 10.4 Å². The van der Waals surface area contributed by atoms with E-state index in [2.05, 4.69) is 17.2 Å². The van der Waals surface area contributed by atoms with Crippen molar-refractivity contribution in [3.05, 3.63) is 35.1 Å². The van der Waals surface area contributed by atoms with Crippen molar-refractivity contribution in [2.45, 2.75) is 33.2 Å². The minimum Gasteiger partial charge on any atom is -0.395 e. The van der Waals surface area contributed by atoms with Gasteiger partial charge in [0, 0.05) is 30.5 Å². The number of amides is 1. The Balaban J connectivity index is 2.68. The van der Waals surface area contributed by atoms with Crippen LogP contribution in [0.25, 0.3) is 0 Å². The average Bonchev–Trinajstić information content (AvgIpc) is 2.38. The smallest absolute Gasteiger partial charge is 0.220 e. The standard InChI is InChI=1S/C16H20FNO2/c1-12(2)9-16(20)18-11-14-10-13(5-3-4-8-19)6-7-15(14)17/h6-7,10,12,19H,4,8-9,11H2,1-2H3,(H,18,20). The molecule has 0 fully saturated rings. The Kier molecular flexibility index (Phi) is 6.75. The van der Waals surface area contributed by atoms with Gasteiger partial charge in [-0.1, -0.05) is 25.7 Å². The second kappa shape index (κ2) is 8.34. The minimum atomic E-state index is -0.359. The molecule has 2 N–H and O–H groups in total. The topological polar surface area (TPSA) is 49.3 Å². The van der Waals surface area contributed by atoms with Crippen LogP contribution in [-0.2, 0) is 11.3 Å². The Morgan fingerprint density at radius 2 is 2.20 bits per heavy atom. The Morgan fingerprint density at radius 1 is 1.45 bits per heavy atom. The zero-order valence-corrected chi connectivity index (χ0v) is 11.9. The van der Waals surface area contributed by atoms with Crippen molar-refractivity contribution in [2.24, 2.45) is 5.92 Å². The molecule has 0 heterocycles. The van der Waals surface area contributed by atoms with Crippen LogP contribution in [0.1, 0.15) is 37.8 Å². The van der Waals surface area contributed by atoms with Crippen molar-refractivity contribution in [1.29, 1.82) is 0 Å². The second-order valence-electron chi connectivity index (χ2n) is 4.96. The van der Waals surface area contributed by atoms with Gasteiger partial charge in [-0.15, -0.1) is 0 Å². The molecule has 4 heteroatoms. The molecule has 20 heavy (non-hydrogen) atoms. The first kappa shape index (κ1) is 16.2. The molecule has 0 bridgehead atoms. The fourth-order valence-corrected chi connectivity index (χ4v) is 1.65. The van der Waals surface area contributed by atoms with E-state index < -0.39 is 0 Å². The van der Waals surface area contributed by atoms with Crippen LogP contribution in [0.5, 0.6) is 0 Å². The van der Waals surface area contributed by atoms with Crippen molar-refractivity contribution in [2.75, 3.05) is 6.61 Å². The van der Waals surface area contributed by atoms with Crippen LogP contribution in [0.4, 0.5) is 4.39 Å². The molecular formula is C16H20FNO2. The molecule has 3 nitrogen and oxygen atoms in total. The van der Waals surface area contributed by atoms with E-state index >= 15 is 0 Å². The summed E-state index contributed by atoms with van der Waals surface area (Å²) in [4.78, 5) is 11.5. The Bertz CT molecular complexity index is 515. The van der Waals surface area contributed by atoms with Gasteiger partial charge in [-0.3, -0.25) is 4.79 Å². The highest BCUT2D eigenvalue weighted by Crippen LogP contribution is 2.10. The predicted molar refractivity (Wildman–Crippen MR) is 76.3 cm³/mol. The first-order chi connectivity index (χ1) is 9.52. The molecule has 0 aromatic heterocycles. The first-order valence-electron chi connectivity index (χ1n) is 6.67. The quantitative estimate of drug-likeness (QED) is 0.811. The van der Waals surface area contributed by atoms with Crippen molar-refractivity contribution in [3.8, 4) is 11.8 Å². The number of carbonyl (C=O) groups excluding carboxylic acids is 1. The van der Waals surface area contributed by atoms with E-state index in [1.165, 1.54) is 6.07 Å². The Hall–Kier alpha value is -1.86. The third-order valence-electron chi connectivity index (χ3n) is 2.58. The summed E-state index contributed by atoms with van der Waals surface area (Å²) in [7, 11) is 0. The Morgan fingerprint density at radius 3 is 2.85 bits per heavy atom. The number of hydrogen-bond acceptors (Lipinski definition) is 2. The first-order valence-corrected chi connectivity index (χ1v) is 6.67. The van der Waals surface area contributed by atoms with Crippen LogP contribution in [0.2, 0.25) is 0 Å². The number of rotatable bonds is 5. The fourth-order valence-electron chi connectivity index (χ4n) is 1.65. The summed E-state index contributed by atoms with van der Waals surface area (Å²) >= 11 is 0. The third kappa shape index (κ3) is 5.85. The molecule has 0 radical (unpaired) electrons. The van der Waals surface area contributed by atoms with E-state index in [1.54, 1.807) is 12.1 Å². The van der Waals surface area contributed by atoms with Gasteiger partial charge in [-0.25, -0.2) is 4.39 Å². The van der Waals surface area contributed by atoms with Gasteiger partial charge >= 0.3 is 0 Å². The fraction of sp³-hybridized carbons (Fsp3) is 0.438. The molecule has 108 valence electrons. The van der Waals surface area contributed by atoms with Crippen LogP contribution >= 0.6 is 0 Å². The number of nitrogens with one attached hydrogen (secondary N) is 1. The normalized spacial score (nSPS) is 10.1. The zero-order chi connectivity index (χ0) is 15.0. The second-order valence-corrected chi connectivity index (χ2v) is 4.96. The van der Waals surface area contributed by atoms with Crippen LogP contribution < -0.4 is 5.32 Å². The summed E-state index contributed by atoms with van der Waals surface area (Å²) in [5.74, 6) is 5.45. The Labute approximate surface area is 119 Å². The molecule has 0 unspecified atom stereocenters. The van der Waals surface area contributed by atoms with E-state index in [0.29, 0.717) is 24.0 Å². The van der Waals surface area contributed by atoms with E-state index in [-0.39, 0.29) is 30.8 Å². The van der Waals surface area contributed by atoms with Crippen molar-refractivity contribution < 1.29 is 14.3 Å². The summed E-state index contributed by atoms with van der Waals surface area (Å²) in [5.41, 5.74) is 1.09. The monoisotopic (exact) mass is 277 g/mol. The molecule has 0 atom stereocenters. The minimum absolute atomic E-state index is 0.00626. The largest absolute Gasteiger partial charge is 0.395 e. The SMILES string of the molecule is CC(C)CC(=O)NCc1cc(C#CCCO)ccc1F. The lowest BCUT2D eigenvalue weighted by Crippen LogP contribution is -2.24. The van der Waals surface area contributed by atoms with E-state index in [0.717, 1.165) is 0 Å². The predicted octanol–water partition coefficient (Wildman–Crippen LogP) is 2.22. The van der Waals surface area contributed by atoms with Crippen LogP contribution in [0.3, 0.4) is 0 Å². The van der Waals surface area contributed by atoms with Crippen molar-refractivity contribution in [1.82, 2.24) is 5.32 Å².